The number of rotatable bonds is 7. The van der Waals surface area contributed by atoms with Crippen LogP contribution in [-0.4, -0.2) is 51.6 Å². The van der Waals surface area contributed by atoms with Gasteiger partial charge in [0.05, 0.1) is 0 Å². The molecule has 0 aromatic carbocycles. The smallest absolute Gasteiger partial charge is 0.221 e. The molecule has 0 saturated heterocycles. The normalized spacial score (nSPS) is 11.9. The molecular formula is C11H25N3O. The van der Waals surface area contributed by atoms with E-state index in [2.05, 4.69) is 29.4 Å². The lowest BCUT2D eigenvalue weighted by Gasteiger charge is -2.28. The lowest BCUT2D eigenvalue weighted by Crippen LogP contribution is -2.40. The van der Waals surface area contributed by atoms with E-state index in [1.807, 2.05) is 21.1 Å². The van der Waals surface area contributed by atoms with Crippen molar-refractivity contribution in [2.24, 2.45) is 5.41 Å². The van der Waals surface area contributed by atoms with Crippen molar-refractivity contribution in [2.75, 3.05) is 40.8 Å². The minimum absolute atomic E-state index is 0.121. The van der Waals surface area contributed by atoms with Gasteiger partial charge < -0.3 is 15.5 Å². The molecule has 90 valence electrons. The zero-order valence-corrected chi connectivity index (χ0v) is 10.7. The van der Waals surface area contributed by atoms with Crippen molar-refractivity contribution in [1.29, 1.82) is 0 Å². The zero-order valence-electron chi connectivity index (χ0n) is 10.7. The molecule has 0 unspecified atom stereocenters. The van der Waals surface area contributed by atoms with Gasteiger partial charge in [0.25, 0.3) is 0 Å². The molecule has 0 aromatic heterocycles. The Labute approximate surface area is 93.4 Å². The predicted molar refractivity (Wildman–Crippen MR) is 63.9 cm³/mol. The van der Waals surface area contributed by atoms with Crippen LogP contribution in [-0.2, 0) is 4.79 Å². The van der Waals surface area contributed by atoms with Gasteiger partial charge in [-0.25, -0.2) is 0 Å². The molecule has 0 bridgehead atoms. The second-order valence-electron chi connectivity index (χ2n) is 5.03. The van der Waals surface area contributed by atoms with Crippen LogP contribution in [0.25, 0.3) is 0 Å². The van der Waals surface area contributed by atoms with Crippen LogP contribution < -0.4 is 10.6 Å². The lowest BCUT2D eigenvalue weighted by molar-refractivity contribution is -0.121. The van der Waals surface area contributed by atoms with E-state index in [9.17, 15) is 4.79 Å². The Morgan fingerprint density at radius 2 is 1.93 bits per heavy atom. The molecule has 4 heteroatoms. The van der Waals surface area contributed by atoms with Crippen LogP contribution in [0.15, 0.2) is 0 Å². The van der Waals surface area contributed by atoms with Crippen molar-refractivity contribution in [3.8, 4) is 0 Å². The number of carbonyl (C=O) groups is 1. The average Bonchev–Trinajstić information content (AvgIpc) is 2.09. The molecule has 2 N–H and O–H groups in total. The van der Waals surface area contributed by atoms with Crippen LogP contribution in [0.4, 0.5) is 0 Å². The maximum Gasteiger partial charge on any atom is 0.221 e. The summed E-state index contributed by atoms with van der Waals surface area (Å²) in [7, 11) is 5.94. The van der Waals surface area contributed by atoms with Crippen LogP contribution in [0.5, 0.6) is 0 Å². The van der Waals surface area contributed by atoms with Crippen LogP contribution in [0.3, 0.4) is 0 Å². The maximum atomic E-state index is 11.4. The summed E-state index contributed by atoms with van der Waals surface area (Å²) < 4.78 is 0. The van der Waals surface area contributed by atoms with Gasteiger partial charge in [0.2, 0.25) is 5.91 Å². The molecule has 0 aliphatic rings. The number of carbonyl (C=O) groups excluding carboxylic acids is 1. The van der Waals surface area contributed by atoms with Gasteiger partial charge in [-0.15, -0.1) is 0 Å². The second kappa shape index (κ2) is 6.80. The van der Waals surface area contributed by atoms with Crippen LogP contribution in [0.1, 0.15) is 20.3 Å². The third kappa shape index (κ3) is 8.39. The van der Waals surface area contributed by atoms with E-state index in [1.165, 1.54) is 0 Å². The SMILES string of the molecule is CNCCC(=O)NCC(C)(C)CN(C)C. The Hall–Kier alpha value is -0.610. The number of nitrogens with one attached hydrogen (secondary N) is 2. The first-order valence-electron chi connectivity index (χ1n) is 5.43. The number of nitrogens with zero attached hydrogens (tertiary/aromatic N) is 1. The van der Waals surface area contributed by atoms with Crippen molar-refractivity contribution in [1.82, 2.24) is 15.5 Å². The minimum Gasteiger partial charge on any atom is -0.355 e. The van der Waals surface area contributed by atoms with Crippen LogP contribution >= 0.6 is 0 Å². The molecule has 0 radical (unpaired) electrons. The first kappa shape index (κ1) is 14.4. The third-order valence-electron chi connectivity index (χ3n) is 2.11. The van der Waals surface area contributed by atoms with Gasteiger partial charge in [0.1, 0.15) is 0 Å². The Morgan fingerprint density at radius 3 is 2.40 bits per heavy atom. The van der Waals surface area contributed by atoms with E-state index in [0.717, 1.165) is 19.6 Å². The van der Waals surface area contributed by atoms with E-state index in [-0.39, 0.29) is 11.3 Å². The molecule has 1 amide bonds. The Kier molecular flexibility index (Phi) is 6.52. The minimum atomic E-state index is 0.121. The Bertz CT molecular complexity index is 190. The molecule has 0 aromatic rings. The average molecular weight is 215 g/mol. The molecule has 0 saturated carbocycles. The summed E-state index contributed by atoms with van der Waals surface area (Å²) in [5, 5.41) is 5.92. The number of hydrogen-bond acceptors (Lipinski definition) is 3. The van der Waals surface area contributed by atoms with Crippen molar-refractivity contribution in [3.05, 3.63) is 0 Å². The van der Waals surface area contributed by atoms with Crippen molar-refractivity contribution in [2.45, 2.75) is 20.3 Å². The third-order valence-corrected chi connectivity index (χ3v) is 2.11. The van der Waals surface area contributed by atoms with Gasteiger partial charge >= 0.3 is 0 Å². The van der Waals surface area contributed by atoms with Gasteiger partial charge in [0.15, 0.2) is 0 Å². The molecular weight excluding hydrogens is 190 g/mol. The summed E-state index contributed by atoms with van der Waals surface area (Å²) in [5.41, 5.74) is 0.124. The fourth-order valence-corrected chi connectivity index (χ4v) is 1.58. The summed E-state index contributed by atoms with van der Waals surface area (Å²) in [6.45, 7) is 6.75. The monoisotopic (exact) mass is 215 g/mol. The summed E-state index contributed by atoms with van der Waals surface area (Å²) in [4.78, 5) is 13.5. The highest BCUT2D eigenvalue weighted by molar-refractivity contribution is 5.76. The lowest BCUT2D eigenvalue weighted by atomic mass is 9.93. The van der Waals surface area contributed by atoms with Gasteiger partial charge in [-0.05, 0) is 26.6 Å². The van der Waals surface area contributed by atoms with Gasteiger partial charge in [-0.3, -0.25) is 4.79 Å². The largest absolute Gasteiger partial charge is 0.355 e. The van der Waals surface area contributed by atoms with E-state index < -0.39 is 0 Å². The molecule has 0 heterocycles. The number of hydrogen-bond donors (Lipinski definition) is 2. The second-order valence-corrected chi connectivity index (χ2v) is 5.03. The molecule has 0 fully saturated rings. The van der Waals surface area contributed by atoms with E-state index in [1.54, 1.807) is 0 Å². The van der Waals surface area contributed by atoms with Crippen molar-refractivity contribution < 1.29 is 4.79 Å². The van der Waals surface area contributed by atoms with Crippen molar-refractivity contribution >= 4 is 5.91 Å². The topological polar surface area (TPSA) is 44.4 Å². The number of amides is 1. The standard InChI is InChI=1S/C11H25N3O/c1-11(2,9-14(4)5)8-13-10(15)6-7-12-3/h12H,6-9H2,1-5H3,(H,13,15). The van der Waals surface area contributed by atoms with E-state index in [0.29, 0.717) is 6.42 Å². The van der Waals surface area contributed by atoms with Gasteiger partial charge in [0, 0.05) is 26.1 Å². The van der Waals surface area contributed by atoms with Crippen LogP contribution in [0.2, 0.25) is 0 Å². The first-order chi connectivity index (χ1) is 6.87. The molecule has 15 heavy (non-hydrogen) atoms. The maximum absolute atomic E-state index is 11.4. The predicted octanol–water partition coefficient (Wildman–Crippen LogP) is 0.300. The van der Waals surface area contributed by atoms with E-state index in [4.69, 9.17) is 0 Å². The Balaban J connectivity index is 3.77. The molecule has 0 aliphatic heterocycles. The highest BCUT2D eigenvalue weighted by Gasteiger charge is 2.19. The zero-order chi connectivity index (χ0) is 11.9. The molecule has 0 spiro atoms. The van der Waals surface area contributed by atoms with E-state index >= 15 is 0 Å². The Morgan fingerprint density at radius 1 is 1.33 bits per heavy atom. The molecule has 0 aliphatic carbocycles. The molecule has 0 rings (SSSR count). The quantitative estimate of drug-likeness (QED) is 0.642. The first-order valence-corrected chi connectivity index (χ1v) is 5.43. The van der Waals surface area contributed by atoms with Crippen molar-refractivity contribution in [3.63, 3.8) is 0 Å². The fourth-order valence-electron chi connectivity index (χ4n) is 1.58. The van der Waals surface area contributed by atoms with Gasteiger partial charge in [-0.2, -0.15) is 0 Å². The van der Waals surface area contributed by atoms with Gasteiger partial charge in [-0.1, -0.05) is 13.8 Å². The summed E-state index contributed by atoms with van der Waals surface area (Å²) >= 11 is 0. The highest BCUT2D eigenvalue weighted by atomic mass is 16.1. The highest BCUT2D eigenvalue weighted by Crippen LogP contribution is 2.13. The van der Waals surface area contributed by atoms with Crippen LogP contribution in [0, 0.1) is 5.41 Å². The molecule has 0 atom stereocenters. The summed E-state index contributed by atoms with van der Waals surface area (Å²) in [5.74, 6) is 0.121. The molecule has 4 nitrogen and oxygen atoms in total. The fraction of sp³-hybridized carbons (Fsp3) is 0.909. The summed E-state index contributed by atoms with van der Waals surface area (Å²) in [6, 6.07) is 0. The summed E-state index contributed by atoms with van der Waals surface area (Å²) in [6.07, 6.45) is 0.550.